The monoisotopic (exact) mass is 414 g/mol. The molecule has 0 aliphatic carbocycles. The van der Waals surface area contributed by atoms with E-state index >= 15 is 0 Å². The number of benzene rings is 2. The lowest BCUT2D eigenvalue weighted by Crippen LogP contribution is -2.19. The van der Waals surface area contributed by atoms with Gasteiger partial charge in [0.15, 0.2) is 46.5 Å². The fraction of sp³-hybridized carbons (Fsp3) is 0.125. The van der Waals surface area contributed by atoms with E-state index < -0.39 is 82.8 Å². The van der Waals surface area contributed by atoms with E-state index in [2.05, 4.69) is 9.47 Å². The third kappa shape index (κ3) is 4.05. The molecule has 2 aromatic rings. The summed E-state index contributed by atoms with van der Waals surface area (Å²) in [5, 5.41) is 0. The van der Waals surface area contributed by atoms with Gasteiger partial charge in [-0.1, -0.05) is 0 Å². The second-order valence-corrected chi connectivity index (χ2v) is 4.96. The van der Waals surface area contributed by atoms with E-state index in [9.17, 15) is 44.7 Å². The number of esters is 2. The molecule has 0 unspecified atom stereocenters. The molecule has 0 amide bonds. The normalized spacial score (nSPS) is 10.7. The zero-order valence-corrected chi connectivity index (χ0v) is 13.2. The number of carbonyl (C=O) groups excluding carboxylic acids is 2. The van der Waals surface area contributed by atoms with Gasteiger partial charge in [0.05, 0.1) is 0 Å². The van der Waals surface area contributed by atoms with Crippen LogP contribution >= 0.6 is 0 Å². The molecule has 0 saturated carbocycles. The van der Waals surface area contributed by atoms with E-state index in [1.54, 1.807) is 0 Å². The van der Waals surface area contributed by atoms with Crippen molar-refractivity contribution in [1.29, 1.82) is 0 Å². The minimum Gasteiger partial charge on any atom is -0.458 e. The molecule has 28 heavy (non-hydrogen) atoms. The third-order valence-corrected chi connectivity index (χ3v) is 3.18. The number of hydrogen-bond donors (Lipinski definition) is 0. The van der Waals surface area contributed by atoms with Gasteiger partial charge in [0.25, 0.3) is 0 Å². The highest BCUT2D eigenvalue weighted by molar-refractivity contribution is 5.91. The highest BCUT2D eigenvalue weighted by Crippen LogP contribution is 2.21. The Morgan fingerprint density at radius 2 is 0.821 bits per heavy atom. The van der Waals surface area contributed by atoms with Crippen LogP contribution in [0.3, 0.4) is 0 Å². The molecular weight excluding hydrogens is 408 g/mol. The molecule has 2 aromatic carbocycles. The van der Waals surface area contributed by atoms with Crippen LogP contribution in [0.5, 0.6) is 0 Å². The summed E-state index contributed by atoms with van der Waals surface area (Å²) in [5.74, 6) is -19.4. The van der Waals surface area contributed by atoms with Crippen LogP contribution in [0, 0.1) is 46.5 Å². The van der Waals surface area contributed by atoms with Gasteiger partial charge in [-0.3, -0.25) is 0 Å². The van der Waals surface area contributed by atoms with Crippen LogP contribution in [0.15, 0.2) is 12.1 Å². The van der Waals surface area contributed by atoms with Crippen molar-refractivity contribution in [1.82, 2.24) is 0 Å². The van der Waals surface area contributed by atoms with Crippen LogP contribution in [0.4, 0.5) is 35.1 Å². The van der Waals surface area contributed by atoms with Crippen LogP contribution in [0.2, 0.25) is 0 Å². The van der Waals surface area contributed by atoms with Gasteiger partial charge in [0.2, 0.25) is 0 Å². The molecule has 0 radical (unpaired) electrons. The average molecular weight is 414 g/mol. The number of carbonyl (C=O) groups is 2. The van der Waals surface area contributed by atoms with E-state index in [-0.39, 0.29) is 12.1 Å². The van der Waals surface area contributed by atoms with E-state index in [4.69, 9.17) is 0 Å². The summed E-state index contributed by atoms with van der Waals surface area (Å²) in [4.78, 5) is 23.0. The fourth-order valence-electron chi connectivity index (χ4n) is 1.92. The Labute approximate surface area is 150 Å². The highest BCUT2D eigenvalue weighted by atomic mass is 19.2. The minimum absolute atomic E-state index is 0.148. The molecule has 0 bridgehead atoms. The molecule has 0 saturated heterocycles. The van der Waals surface area contributed by atoms with Crippen molar-refractivity contribution in [2.24, 2.45) is 0 Å². The van der Waals surface area contributed by atoms with Gasteiger partial charge in [-0.25, -0.2) is 44.7 Å². The Kier molecular flexibility index (Phi) is 6.21. The van der Waals surface area contributed by atoms with Crippen LogP contribution in [0.25, 0.3) is 0 Å². The van der Waals surface area contributed by atoms with Gasteiger partial charge in [0.1, 0.15) is 24.3 Å². The molecule has 2 rings (SSSR count). The van der Waals surface area contributed by atoms with Crippen molar-refractivity contribution in [3.05, 3.63) is 69.8 Å². The zero-order chi connectivity index (χ0) is 21.2. The summed E-state index contributed by atoms with van der Waals surface area (Å²) < 4.78 is 114. The van der Waals surface area contributed by atoms with Crippen molar-refractivity contribution in [2.75, 3.05) is 13.2 Å². The molecule has 0 heterocycles. The molecule has 150 valence electrons. The van der Waals surface area contributed by atoms with Gasteiger partial charge >= 0.3 is 11.9 Å². The quantitative estimate of drug-likeness (QED) is 0.323. The topological polar surface area (TPSA) is 52.6 Å². The van der Waals surface area contributed by atoms with Crippen molar-refractivity contribution < 1.29 is 54.2 Å². The summed E-state index contributed by atoms with van der Waals surface area (Å²) in [6.07, 6.45) is 0. The Balaban J connectivity index is 2.03. The summed E-state index contributed by atoms with van der Waals surface area (Å²) in [7, 11) is 0. The lowest BCUT2D eigenvalue weighted by Gasteiger charge is -2.09. The lowest BCUT2D eigenvalue weighted by atomic mass is 10.2. The molecule has 0 aromatic heterocycles. The Hall–Kier alpha value is -3.18. The standard InChI is InChI=1S/C16H6F8O4/c17-5-3-6(18)12(22)9(11(5)21)15(25)27-1-2-28-16(26)10-13(23)7(19)4-8(20)14(10)24/h3-4H,1-2H2. The molecule has 12 heteroatoms. The third-order valence-electron chi connectivity index (χ3n) is 3.18. The van der Waals surface area contributed by atoms with E-state index in [1.165, 1.54) is 0 Å². The first kappa shape index (κ1) is 21.1. The molecule has 0 spiro atoms. The number of rotatable bonds is 5. The van der Waals surface area contributed by atoms with Crippen LogP contribution in [-0.2, 0) is 9.47 Å². The van der Waals surface area contributed by atoms with Gasteiger partial charge in [-0.2, -0.15) is 0 Å². The van der Waals surface area contributed by atoms with Crippen LogP contribution in [0.1, 0.15) is 20.7 Å². The zero-order valence-electron chi connectivity index (χ0n) is 13.2. The molecule has 4 nitrogen and oxygen atoms in total. The van der Waals surface area contributed by atoms with E-state index in [0.717, 1.165) is 0 Å². The predicted octanol–water partition coefficient (Wildman–Crippen LogP) is 3.81. The maximum Gasteiger partial charge on any atom is 0.344 e. The first-order chi connectivity index (χ1) is 13.1. The van der Waals surface area contributed by atoms with Gasteiger partial charge in [-0.15, -0.1) is 0 Å². The van der Waals surface area contributed by atoms with Gasteiger partial charge < -0.3 is 9.47 Å². The summed E-state index contributed by atoms with van der Waals surface area (Å²) in [6.45, 7) is -1.97. The van der Waals surface area contributed by atoms with Crippen molar-refractivity contribution in [3.63, 3.8) is 0 Å². The molecule has 0 aliphatic heterocycles. The molecule has 0 aliphatic rings. The second kappa shape index (κ2) is 8.23. The van der Waals surface area contributed by atoms with Crippen molar-refractivity contribution in [2.45, 2.75) is 0 Å². The van der Waals surface area contributed by atoms with E-state index in [0.29, 0.717) is 0 Å². The Bertz CT molecular complexity index is 831. The predicted molar refractivity (Wildman–Crippen MR) is 73.1 cm³/mol. The van der Waals surface area contributed by atoms with Crippen molar-refractivity contribution in [3.8, 4) is 0 Å². The maximum atomic E-state index is 13.4. The summed E-state index contributed by atoms with van der Waals surface area (Å²) >= 11 is 0. The average Bonchev–Trinajstić information content (AvgIpc) is 2.62. The van der Waals surface area contributed by atoms with Gasteiger partial charge in [-0.05, 0) is 0 Å². The molecule has 0 fully saturated rings. The number of halogens is 8. The highest BCUT2D eigenvalue weighted by Gasteiger charge is 2.27. The van der Waals surface area contributed by atoms with E-state index in [1.807, 2.05) is 0 Å². The number of ether oxygens (including phenoxy) is 2. The van der Waals surface area contributed by atoms with Crippen LogP contribution < -0.4 is 0 Å². The summed E-state index contributed by atoms with van der Waals surface area (Å²) in [6, 6.07) is -0.297. The lowest BCUT2D eigenvalue weighted by molar-refractivity contribution is 0.0251. The van der Waals surface area contributed by atoms with Crippen molar-refractivity contribution >= 4 is 11.9 Å². The van der Waals surface area contributed by atoms with Crippen LogP contribution in [-0.4, -0.2) is 25.2 Å². The maximum absolute atomic E-state index is 13.4. The smallest absolute Gasteiger partial charge is 0.344 e. The fourth-order valence-corrected chi connectivity index (χ4v) is 1.92. The minimum atomic E-state index is -2.04. The molecule has 0 N–H and O–H groups in total. The molecule has 0 atom stereocenters. The SMILES string of the molecule is O=C(OCCOC(=O)c1c(F)c(F)cc(F)c1F)c1c(F)c(F)cc(F)c1F. The first-order valence-corrected chi connectivity index (χ1v) is 7.06. The first-order valence-electron chi connectivity index (χ1n) is 7.06. The molecular formula is C16H6F8O4. The largest absolute Gasteiger partial charge is 0.458 e. The second-order valence-electron chi connectivity index (χ2n) is 4.96. The van der Waals surface area contributed by atoms with Gasteiger partial charge in [0, 0.05) is 12.1 Å². The summed E-state index contributed by atoms with van der Waals surface area (Å²) in [5.41, 5.74) is -3.40. The Morgan fingerprint density at radius 1 is 0.571 bits per heavy atom. The Morgan fingerprint density at radius 3 is 1.07 bits per heavy atom. The number of hydrogen-bond acceptors (Lipinski definition) is 4.